The Morgan fingerprint density at radius 3 is 2.52 bits per heavy atom. The molecule has 7 nitrogen and oxygen atoms in total. The number of hydrogen-bond donors (Lipinski definition) is 1. The van der Waals surface area contributed by atoms with Gasteiger partial charge in [-0.1, -0.05) is 30.3 Å². The molecule has 1 N–H and O–H groups in total. The van der Waals surface area contributed by atoms with E-state index in [4.69, 9.17) is 0 Å². The van der Waals surface area contributed by atoms with Gasteiger partial charge in [-0.3, -0.25) is 9.59 Å². The number of amides is 2. The molecular weight excluding hydrogens is 438 g/mol. The van der Waals surface area contributed by atoms with Gasteiger partial charge < -0.3 is 9.80 Å². The minimum Gasteiger partial charge on any atom is -0.315 e. The summed E-state index contributed by atoms with van der Waals surface area (Å²) in [5.41, 5.74) is 4.81. The van der Waals surface area contributed by atoms with E-state index in [-0.39, 0.29) is 29.7 Å². The predicted octanol–water partition coefficient (Wildman–Crippen LogP) is 2.89. The average molecular weight is 462 g/mol. The molecule has 3 aromatic rings. The third-order valence-electron chi connectivity index (χ3n) is 6.21. The number of benzene rings is 3. The van der Waals surface area contributed by atoms with Crippen LogP contribution in [0.3, 0.4) is 0 Å². The molecule has 0 aromatic heterocycles. The lowest BCUT2D eigenvalue weighted by atomic mass is 10.1. The Morgan fingerprint density at radius 1 is 0.970 bits per heavy atom. The highest BCUT2D eigenvalue weighted by Gasteiger charge is 2.27. The van der Waals surface area contributed by atoms with Crippen LogP contribution in [0.5, 0.6) is 0 Å². The number of carbonyl (C=O) groups excluding carboxylic acids is 2. The molecule has 33 heavy (non-hydrogen) atoms. The molecule has 0 aliphatic carbocycles. The number of anilines is 2. The van der Waals surface area contributed by atoms with Gasteiger partial charge in [-0.05, 0) is 59.5 Å². The fourth-order valence-corrected chi connectivity index (χ4v) is 5.46. The zero-order valence-corrected chi connectivity index (χ0v) is 18.9. The molecule has 168 valence electrons. The summed E-state index contributed by atoms with van der Waals surface area (Å²) in [5.74, 6) is -0.0889. The average Bonchev–Trinajstić information content (AvgIpc) is 3.37. The summed E-state index contributed by atoms with van der Waals surface area (Å²) in [7, 11) is -2.05. The molecule has 3 aromatic carbocycles. The van der Waals surface area contributed by atoms with Gasteiger partial charge in [0.15, 0.2) is 0 Å². The van der Waals surface area contributed by atoms with Crippen LogP contribution in [0, 0.1) is 0 Å². The molecule has 0 unspecified atom stereocenters. The number of nitrogens with one attached hydrogen (secondary N) is 1. The van der Waals surface area contributed by atoms with Gasteiger partial charge in [0.1, 0.15) is 0 Å². The summed E-state index contributed by atoms with van der Waals surface area (Å²) in [6.07, 6.45) is 0.930. The van der Waals surface area contributed by atoms with Crippen molar-refractivity contribution in [1.29, 1.82) is 0 Å². The van der Waals surface area contributed by atoms with Crippen molar-refractivity contribution < 1.29 is 18.0 Å². The number of carbonyl (C=O) groups is 2. The van der Waals surface area contributed by atoms with Gasteiger partial charge in [-0.15, -0.1) is 0 Å². The standard InChI is InChI=1S/C25H23N3O4S/c1-27-22-10-8-21(14-20(22)15-24(27)29)33(31,32)26-16-17-7-9-23-19(13-17)11-12-28(23)25(30)18-5-3-2-4-6-18/h2-10,13-14,26H,11-12,15-16H2,1H3. The molecule has 0 saturated carbocycles. The quantitative estimate of drug-likeness (QED) is 0.633. The minimum atomic E-state index is -3.73. The normalized spacial score (nSPS) is 15.0. The summed E-state index contributed by atoms with van der Waals surface area (Å²) in [6, 6.07) is 19.6. The van der Waals surface area contributed by atoms with Crippen molar-refractivity contribution in [3.05, 3.63) is 89.0 Å². The molecule has 0 bridgehead atoms. The van der Waals surface area contributed by atoms with Crippen LogP contribution in [0.25, 0.3) is 0 Å². The highest BCUT2D eigenvalue weighted by atomic mass is 32.2. The van der Waals surface area contributed by atoms with E-state index in [0.717, 1.165) is 28.9 Å². The lowest BCUT2D eigenvalue weighted by Gasteiger charge is -2.17. The number of nitrogens with zero attached hydrogens (tertiary/aromatic N) is 2. The van der Waals surface area contributed by atoms with E-state index in [9.17, 15) is 18.0 Å². The monoisotopic (exact) mass is 461 g/mol. The van der Waals surface area contributed by atoms with Gasteiger partial charge in [-0.2, -0.15) is 0 Å². The topological polar surface area (TPSA) is 86.8 Å². The van der Waals surface area contributed by atoms with E-state index < -0.39 is 10.0 Å². The SMILES string of the molecule is CN1C(=O)Cc2cc(S(=O)(=O)NCc3ccc4c(c3)CCN4C(=O)c3ccccc3)ccc21. The third-order valence-corrected chi connectivity index (χ3v) is 7.61. The van der Waals surface area contributed by atoms with Crippen molar-refractivity contribution in [3.8, 4) is 0 Å². The van der Waals surface area contributed by atoms with Crippen molar-refractivity contribution in [1.82, 2.24) is 4.72 Å². The molecule has 2 aliphatic rings. The maximum Gasteiger partial charge on any atom is 0.258 e. The fourth-order valence-electron chi connectivity index (χ4n) is 4.39. The highest BCUT2D eigenvalue weighted by Crippen LogP contribution is 2.31. The van der Waals surface area contributed by atoms with Crippen LogP contribution in [-0.2, 0) is 34.2 Å². The van der Waals surface area contributed by atoms with Gasteiger partial charge in [0.05, 0.1) is 11.3 Å². The Morgan fingerprint density at radius 2 is 1.73 bits per heavy atom. The Balaban J connectivity index is 1.30. The van der Waals surface area contributed by atoms with Gasteiger partial charge in [0.25, 0.3) is 5.91 Å². The highest BCUT2D eigenvalue weighted by molar-refractivity contribution is 7.89. The second-order valence-electron chi connectivity index (χ2n) is 8.28. The maximum atomic E-state index is 12.8. The van der Waals surface area contributed by atoms with E-state index in [0.29, 0.717) is 17.7 Å². The zero-order chi connectivity index (χ0) is 23.2. The molecular formula is C25H23N3O4S. The van der Waals surface area contributed by atoms with Gasteiger partial charge in [0.2, 0.25) is 15.9 Å². The second kappa shape index (κ2) is 8.13. The van der Waals surface area contributed by atoms with Crippen molar-refractivity contribution in [2.24, 2.45) is 0 Å². The van der Waals surface area contributed by atoms with Gasteiger partial charge in [-0.25, -0.2) is 13.1 Å². The molecule has 0 spiro atoms. The number of fused-ring (bicyclic) bond motifs is 2. The summed E-state index contributed by atoms with van der Waals surface area (Å²) in [6.45, 7) is 0.735. The lowest BCUT2D eigenvalue weighted by molar-refractivity contribution is -0.117. The predicted molar refractivity (Wildman–Crippen MR) is 126 cm³/mol. The van der Waals surface area contributed by atoms with Crippen LogP contribution in [0.2, 0.25) is 0 Å². The Bertz CT molecular complexity index is 1370. The molecule has 0 fully saturated rings. The summed E-state index contributed by atoms with van der Waals surface area (Å²) >= 11 is 0. The largest absolute Gasteiger partial charge is 0.315 e. The second-order valence-corrected chi connectivity index (χ2v) is 10.0. The van der Waals surface area contributed by atoms with Crippen molar-refractivity contribution in [2.45, 2.75) is 24.3 Å². The van der Waals surface area contributed by atoms with Crippen LogP contribution in [0.4, 0.5) is 11.4 Å². The first kappa shape index (κ1) is 21.4. The van der Waals surface area contributed by atoms with E-state index in [2.05, 4.69) is 4.72 Å². The van der Waals surface area contributed by atoms with Crippen LogP contribution >= 0.6 is 0 Å². The molecule has 0 saturated heterocycles. The number of hydrogen-bond acceptors (Lipinski definition) is 4. The fraction of sp³-hybridized carbons (Fsp3) is 0.200. The van der Waals surface area contributed by atoms with Gasteiger partial charge >= 0.3 is 0 Å². The third kappa shape index (κ3) is 3.92. The summed E-state index contributed by atoms with van der Waals surface area (Å²) in [5, 5.41) is 0. The number of rotatable bonds is 5. The first-order chi connectivity index (χ1) is 15.8. The Labute approximate surface area is 192 Å². The molecule has 2 heterocycles. The van der Waals surface area contributed by atoms with Gasteiger partial charge in [0, 0.05) is 37.1 Å². The van der Waals surface area contributed by atoms with Crippen molar-refractivity contribution in [3.63, 3.8) is 0 Å². The lowest BCUT2D eigenvalue weighted by Crippen LogP contribution is -2.28. The van der Waals surface area contributed by atoms with E-state index in [1.165, 1.54) is 11.0 Å². The smallest absolute Gasteiger partial charge is 0.258 e. The minimum absolute atomic E-state index is 0.0384. The zero-order valence-electron chi connectivity index (χ0n) is 18.1. The summed E-state index contributed by atoms with van der Waals surface area (Å²) in [4.78, 5) is 28.2. The maximum absolute atomic E-state index is 12.8. The number of likely N-dealkylation sites (N-methyl/N-ethyl adjacent to an activating group) is 1. The van der Waals surface area contributed by atoms with Crippen LogP contribution in [-0.4, -0.2) is 33.8 Å². The molecule has 5 rings (SSSR count). The van der Waals surface area contributed by atoms with E-state index >= 15 is 0 Å². The van der Waals surface area contributed by atoms with Crippen LogP contribution in [0.15, 0.2) is 71.6 Å². The van der Waals surface area contributed by atoms with Crippen LogP contribution in [0.1, 0.15) is 27.0 Å². The molecule has 0 radical (unpaired) electrons. The molecule has 2 amide bonds. The summed E-state index contributed by atoms with van der Waals surface area (Å²) < 4.78 is 28.3. The van der Waals surface area contributed by atoms with E-state index in [1.807, 2.05) is 36.4 Å². The molecule has 8 heteroatoms. The van der Waals surface area contributed by atoms with Crippen LogP contribution < -0.4 is 14.5 Å². The Hall–Kier alpha value is -3.49. The van der Waals surface area contributed by atoms with Crippen molar-refractivity contribution in [2.75, 3.05) is 23.4 Å². The van der Waals surface area contributed by atoms with Crippen molar-refractivity contribution >= 4 is 33.2 Å². The first-order valence-corrected chi connectivity index (χ1v) is 12.2. The number of sulfonamides is 1. The molecule has 2 aliphatic heterocycles. The van der Waals surface area contributed by atoms with E-state index in [1.54, 1.807) is 36.2 Å². The Kier molecular flexibility index (Phi) is 5.26. The molecule has 0 atom stereocenters. The first-order valence-electron chi connectivity index (χ1n) is 10.7.